The molecular formula is C12H22N2O2. The minimum Gasteiger partial charge on any atom is -0.379 e. The van der Waals surface area contributed by atoms with Crippen LogP contribution >= 0.6 is 0 Å². The third kappa shape index (κ3) is 3.37. The molecule has 2 rings (SSSR count). The molecule has 1 aliphatic carbocycles. The largest absolute Gasteiger partial charge is 0.379 e. The van der Waals surface area contributed by atoms with E-state index >= 15 is 0 Å². The van der Waals surface area contributed by atoms with E-state index in [1.807, 2.05) is 4.90 Å². The zero-order chi connectivity index (χ0) is 11.4. The summed E-state index contributed by atoms with van der Waals surface area (Å²) in [5.41, 5.74) is 0. The van der Waals surface area contributed by atoms with E-state index in [-0.39, 0.29) is 12.1 Å². The van der Waals surface area contributed by atoms with Gasteiger partial charge in [-0.05, 0) is 31.6 Å². The summed E-state index contributed by atoms with van der Waals surface area (Å²) < 4.78 is 5.26. The van der Waals surface area contributed by atoms with Gasteiger partial charge in [-0.25, -0.2) is 4.79 Å². The van der Waals surface area contributed by atoms with Crippen LogP contribution in [0.1, 0.15) is 32.6 Å². The number of carbonyl (C=O) groups excluding carboxylic acids is 1. The molecule has 0 aromatic rings. The van der Waals surface area contributed by atoms with Gasteiger partial charge in [-0.15, -0.1) is 0 Å². The molecule has 4 heteroatoms. The van der Waals surface area contributed by atoms with Crippen molar-refractivity contribution in [3.63, 3.8) is 0 Å². The average Bonchev–Trinajstić information content (AvgIpc) is 2.94. The minimum absolute atomic E-state index is 0.101. The van der Waals surface area contributed by atoms with Gasteiger partial charge in [0.15, 0.2) is 0 Å². The monoisotopic (exact) mass is 226 g/mol. The highest BCUT2D eigenvalue weighted by atomic mass is 16.5. The summed E-state index contributed by atoms with van der Waals surface area (Å²) in [6, 6.07) is 0.329. The van der Waals surface area contributed by atoms with Crippen LogP contribution in [0.25, 0.3) is 0 Å². The lowest BCUT2D eigenvalue weighted by atomic mass is 10.2. The second-order valence-corrected chi connectivity index (χ2v) is 4.90. The quantitative estimate of drug-likeness (QED) is 0.773. The van der Waals surface area contributed by atoms with Crippen molar-refractivity contribution >= 4 is 6.03 Å². The van der Waals surface area contributed by atoms with Crippen molar-refractivity contribution in [3.8, 4) is 0 Å². The van der Waals surface area contributed by atoms with E-state index in [2.05, 4.69) is 12.2 Å². The van der Waals surface area contributed by atoms with E-state index in [1.54, 1.807) is 0 Å². The predicted octanol–water partition coefficient (Wildman–Crippen LogP) is 1.61. The average molecular weight is 226 g/mol. The van der Waals surface area contributed by atoms with Gasteiger partial charge in [-0.1, -0.05) is 6.92 Å². The van der Waals surface area contributed by atoms with Crippen LogP contribution in [0.5, 0.6) is 0 Å². The topological polar surface area (TPSA) is 41.6 Å². The van der Waals surface area contributed by atoms with Crippen LogP contribution in [-0.4, -0.2) is 43.3 Å². The first-order chi connectivity index (χ1) is 7.79. The molecule has 2 amide bonds. The summed E-state index contributed by atoms with van der Waals surface area (Å²) in [6.45, 7) is 5.38. The second-order valence-electron chi connectivity index (χ2n) is 4.90. The Morgan fingerprint density at radius 1 is 1.44 bits per heavy atom. The Labute approximate surface area is 97.3 Å². The molecule has 1 heterocycles. The number of ether oxygens (including phenoxy) is 1. The molecule has 1 atom stereocenters. The fourth-order valence-corrected chi connectivity index (χ4v) is 2.07. The maximum atomic E-state index is 12.0. The molecule has 1 aliphatic heterocycles. The van der Waals surface area contributed by atoms with Gasteiger partial charge in [0.1, 0.15) is 0 Å². The van der Waals surface area contributed by atoms with Crippen molar-refractivity contribution in [1.82, 2.24) is 10.2 Å². The highest BCUT2D eigenvalue weighted by Crippen LogP contribution is 2.29. The highest BCUT2D eigenvalue weighted by Gasteiger charge is 2.27. The first-order valence-electron chi connectivity index (χ1n) is 6.42. The van der Waals surface area contributed by atoms with Gasteiger partial charge in [0.25, 0.3) is 0 Å². The Kier molecular flexibility index (Phi) is 4.04. The maximum Gasteiger partial charge on any atom is 0.317 e. The molecule has 1 N–H and O–H groups in total. The number of nitrogens with one attached hydrogen (secondary N) is 1. The standard InChI is InChI=1S/C12H22N2O2/c1-2-6-14(8-10-3-4-10)12(15)13-11-5-7-16-9-11/h10-11H,2-9H2,1H3,(H,13,15). The predicted molar refractivity (Wildman–Crippen MR) is 62.3 cm³/mol. The number of hydrogen-bond acceptors (Lipinski definition) is 2. The van der Waals surface area contributed by atoms with Crippen LogP contribution in [-0.2, 0) is 4.74 Å². The first-order valence-corrected chi connectivity index (χ1v) is 6.42. The summed E-state index contributed by atoms with van der Waals surface area (Å²) in [7, 11) is 0. The number of amides is 2. The summed E-state index contributed by atoms with van der Waals surface area (Å²) in [4.78, 5) is 14.0. The Balaban J connectivity index is 1.77. The Morgan fingerprint density at radius 3 is 2.81 bits per heavy atom. The van der Waals surface area contributed by atoms with Crippen LogP contribution in [0.2, 0.25) is 0 Å². The number of hydrogen-bond donors (Lipinski definition) is 1. The molecule has 16 heavy (non-hydrogen) atoms. The third-order valence-corrected chi connectivity index (χ3v) is 3.21. The summed E-state index contributed by atoms with van der Waals surface area (Å²) >= 11 is 0. The summed E-state index contributed by atoms with van der Waals surface area (Å²) in [5, 5.41) is 3.06. The Hall–Kier alpha value is -0.770. The van der Waals surface area contributed by atoms with Crippen molar-refractivity contribution in [2.75, 3.05) is 26.3 Å². The zero-order valence-electron chi connectivity index (χ0n) is 10.1. The van der Waals surface area contributed by atoms with Crippen molar-refractivity contribution in [2.45, 2.75) is 38.6 Å². The Morgan fingerprint density at radius 2 is 2.25 bits per heavy atom. The van der Waals surface area contributed by atoms with Crippen molar-refractivity contribution in [2.24, 2.45) is 5.92 Å². The van der Waals surface area contributed by atoms with E-state index in [9.17, 15) is 4.79 Å². The molecule has 0 radical (unpaired) electrons. The maximum absolute atomic E-state index is 12.0. The molecule has 2 fully saturated rings. The molecule has 0 bridgehead atoms. The Bertz CT molecular complexity index is 235. The first kappa shape index (κ1) is 11.7. The SMILES string of the molecule is CCCN(CC1CC1)C(=O)NC1CCOC1. The van der Waals surface area contributed by atoms with Crippen molar-refractivity contribution in [3.05, 3.63) is 0 Å². The minimum atomic E-state index is 0.101. The molecule has 1 saturated heterocycles. The van der Waals surface area contributed by atoms with Crippen LogP contribution in [0.4, 0.5) is 4.79 Å². The lowest BCUT2D eigenvalue weighted by molar-refractivity contribution is 0.176. The molecule has 1 unspecified atom stereocenters. The van der Waals surface area contributed by atoms with Crippen LogP contribution < -0.4 is 5.32 Å². The van der Waals surface area contributed by atoms with Crippen molar-refractivity contribution in [1.29, 1.82) is 0 Å². The zero-order valence-corrected chi connectivity index (χ0v) is 10.1. The smallest absolute Gasteiger partial charge is 0.317 e. The molecule has 0 spiro atoms. The fourth-order valence-electron chi connectivity index (χ4n) is 2.07. The number of rotatable bonds is 5. The number of carbonyl (C=O) groups is 1. The fraction of sp³-hybridized carbons (Fsp3) is 0.917. The molecule has 4 nitrogen and oxygen atoms in total. The molecule has 1 saturated carbocycles. The molecule has 92 valence electrons. The number of nitrogens with zero attached hydrogens (tertiary/aromatic N) is 1. The van der Waals surface area contributed by atoms with Gasteiger partial charge >= 0.3 is 6.03 Å². The normalized spacial score (nSPS) is 24.4. The molecule has 0 aromatic carbocycles. The molecule has 2 aliphatic rings. The lowest BCUT2D eigenvalue weighted by Crippen LogP contribution is -2.46. The van der Waals surface area contributed by atoms with Gasteiger partial charge in [0, 0.05) is 19.7 Å². The van der Waals surface area contributed by atoms with Gasteiger partial charge in [0.05, 0.1) is 12.6 Å². The van der Waals surface area contributed by atoms with Gasteiger partial charge in [0.2, 0.25) is 0 Å². The van der Waals surface area contributed by atoms with E-state index in [1.165, 1.54) is 12.8 Å². The van der Waals surface area contributed by atoms with Gasteiger partial charge in [-0.2, -0.15) is 0 Å². The van der Waals surface area contributed by atoms with Gasteiger partial charge < -0.3 is 15.0 Å². The van der Waals surface area contributed by atoms with E-state index in [4.69, 9.17) is 4.74 Å². The van der Waals surface area contributed by atoms with Crippen molar-refractivity contribution < 1.29 is 9.53 Å². The van der Waals surface area contributed by atoms with E-state index in [0.717, 1.165) is 38.5 Å². The van der Waals surface area contributed by atoms with Crippen LogP contribution in [0.15, 0.2) is 0 Å². The van der Waals surface area contributed by atoms with Crippen LogP contribution in [0, 0.1) is 5.92 Å². The summed E-state index contributed by atoms with van der Waals surface area (Å²) in [5.74, 6) is 0.761. The lowest BCUT2D eigenvalue weighted by Gasteiger charge is -2.24. The highest BCUT2D eigenvalue weighted by molar-refractivity contribution is 5.74. The van der Waals surface area contributed by atoms with Crippen LogP contribution in [0.3, 0.4) is 0 Å². The van der Waals surface area contributed by atoms with Gasteiger partial charge in [-0.3, -0.25) is 0 Å². The molecule has 0 aromatic heterocycles. The summed E-state index contributed by atoms with van der Waals surface area (Å²) in [6.07, 6.45) is 4.57. The molecular weight excluding hydrogens is 204 g/mol. The number of urea groups is 1. The van der Waals surface area contributed by atoms with E-state index in [0.29, 0.717) is 6.61 Å². The van der Waals surface area contributed by atoms with E-state index < -0.39 is 0 Å². The third-order valence-electron chi connectivity index (χ3n) is 3.21. The second kappa shape index (κ2) is 5.53.